The normalized spacial score (nSPS) is 19.0. The third kappa shape index (κ3) is 3.10. The fourth-order valence-corrected chi connectivity index (χ4v) is 3.84. The number of rotatable bonds is 5. The minimum atomic E-state index is 0.647. The van der Waals surface area contributed by atoms with Gasteiger partial charge in [-0.2, -0.15) is 9.78 Å². The van der Waals surface area contributed by atoms with Crippen LogP contribution in [0.25, 0.3) is 0 Å². The molecule has 0 aromatic carbocycles. The number of hydrogen-bond acceptors (Lipinski definition) is 3. The molecule has 1 saturated heterocycles. The average molecular weight is 347 g/mol. The fourth-order valence-electron chi connectivity index (χ4n) is 3.52. The number of H-pyrrole nitrogens is 1. The summed E-state index contributed by atoms with van der Waals surface area (Å²) in [7, 11) is 0. The number of nitrogens with zero attached hydrogens (tertiary/aromatic N) is 4. The monoisotopic (exact) mass is 346 g/mol. The predicted molar refractivity (Wildman–Crippen MR) is 94.6 cm³/mol. The third-order valence-electron chi connectivity index (χ3n) is 5.09. The number of anilines is 1. The quantitative estimate of drug-likeness (QED) is 0.802. The summed E-state index contributed by atoms with van der Waals surface area (Å²) in [6.07, 6.45) is 4.53. The molecule has 4 rings (SSSR count). The highest BCUT2D eigenvalue weighted by Gasteiger charge is 2.31. The second-order valence-electron chi connectivity index (χ2n) is 6.80. The van der Waals surface area contributed by atoms with Gasteiger partial charge in [-0.25, -0.2) is 4.98 Å². The fraction of sp³-hybridized carbons (Fsp3) is 0.588. The van der Waals surface area contributed by atoms with E-state index in [-0.39, 0.29) is 0 Å². The van der Waals surface area contributed by atoms with E-state index in [1.54, 1.807) is 4.90 Å². The van der Waals surface area contributed by atoms with Gasteiger partial charge in [0.2, 0.25) is 4.77 Å². The minimum absolute atomic E-state index is 0.647. The van der Waals surface area contributed by atoms with Crippen molar-refractivity contribution in [2.75, 3.05) is 31.1 Å². The second-order valence-corrected chi connectivity index (χ2v) is 7.17. The SMILES string of the molecule is CCn1c(C2CC2)nn(C[NH+]2CCN(c3cccc[nH+]3)CC2)c1=S. The Morgan fingerprint density at radius 3 is 2.71 bits per heavy atom. The summed E-state index contributed by atoms with van der Waals surface area (Å²) in [4.78, 5) is 7.31. The Balaban J connectivity index is 1.41. The zero-order chi connectivity index (χ0) is 16.5. The van der Waals surface area contributed by atoms with E-state index in [0.29, 0.717) is 5.92 Å². The lowest BCUT2D eigenvalue weighted by atomic mass is 10.3. The average Bonchev–Trinajstić information content (AvgIpc) is 3.42. The van der Waals surface area contributed by atoms with Gasteiger partial charge in [-0.1, -0.05) is 6.07 Å². The maximum atomic E-state index is 5.66. The van der Waals surface area contributed by atoms with E-state index in [1.165, 1.54) is 24.5 Å². The molecule has 1 saturated carbocycles. The van der Waals surface area contributed by atoms with Crippen LogP contribution >= 0.6 is 12.2 Å². The standard InChI is InChI=1S/C17H24N6S/c1-2-22-16(14-6-7-14)19-23(17(22)24)13-20-9-11-21(12-10-20)15-5-3-4-8-18-15/h3-5,8,14H,2,6-7,9-13H2,1H3/p+2. The van der Waals surface area contributed by atoms with E-state index in [2.05, 4.69) is 38.2 Å². The molecule has 0 unspecified atom stereocenters. The van der Waals surface area contributed by atoms with Crippen molar-refractivity contribution in [2.24, 2.45) is 0 Å². The van der Waals surface area contributed by atoms with Crippen molar-refractivity contribution < 1.29 is 9.88 Å². The van der Waals surface area contributed by atoms with Gasteiger partial charge in [-0.3, -0.25) is 4.90 Å². The molecule has 128 valence electrons. The molecule has 2 aliphatic rings. The molecule has 3 heterocycles. The van der Waals surface area contributed by atoms with Crippen molar-refractivity contribution in [3.05, 3.63) is 35.0 Å². The van der Waals surface area contributed by atoms with E-state index in [4.69, 9.17) is 17.3 Å². The van der Waals surface area contributed by atoms with Crippen LogP contribution in [0, 0.1) is 4.77 Å². The summed E-state index contributed by atoms with van der Waals surface area (Å²) in [6.45, 7) is 8.33. The zero-order valence-corrected chi connectivity index (χ0v) is 15.1. The van der Waals surface area contributed by atoms with E-state index < -0.39 is 0 Å². The lowest BCUT2D eigenvalue weighted by Gasteiger charge is -2.27. The largest absolute Gasteiger partial charge is 0.310 e. The van der Waals surface area contributed by atoms with Gasteiger partial charge >= 0.3 is 0 Å². The smallest absolute Gasteiger partial charge is 0.274 e. The molecule has 2 N–H and O–H groups in total. The molecular formula is C17H26N6S+2. The highest BCUT2D eigenvalue weighted by atomic mass is 32.1. The summed E-state index contributed by atoms with van der Waals surface area (Å²) in [6, 6.07) is 6.25. The van der Waals surface area contributed by atoms with Crippen LogP contribution in [0.5, 0.6) is 0 Å². The Morgan fingerprint density at radius 1 is 1.29 bits per heavy atom. The summed E-state index contributed by atoms with van der Waals surface area (Å²) in [5.74, 6) is 3.06. The third-order valence-corrected chi connectivity index (χ3v) is 5.52. The van der Waals surface area contributed by atoms with Crippen LogP contribution in [0.2, 0.25) is 0 Å². The van der Waals surface area contributed by atoms with Gasteiger partial charge in [0.15, 0.2) is 6.67 Å². The van der Waals surface area contributed by atoms with Crippen LogP contribution in [0.1, 0.15) is 31.5 Å². The van der Waals surface area contributed by atoms with Gasteiger partial charge in [-0.05, 0) is 38.0 Å². The molecule has 1 aliphatic carbocycles. The van der Waals surface area contributed by atoms with Gasteiger partial charge in [0.05, 0.1) is 6.20 Å². The molecule has 0 spiro atoms. The second kappa shape index (κ2) is 6.64. The van der Waals surface area contributed by atoms with Crippen molar-refractivity contribution >= 4 is 18.0 Å². The van der Waals surface area contributed by atoms with Crippen molar-refractivity contribution in [2.45, 2.75) is 38.9 Å². The number of quaternary nitrogens is 1. The molecule has 2 fully saturated rings. The minimum Gasteiger partial charge on any atom is -0.310 e. The summed E-state index contributed by atoms with van der Waals surface area (Å²) in [5.41, 5.74) is 0. The van der Waals surface area contributed by atoms with E-state index >= 15 is 0 Å². The molecule has 0 radical (unpaired) electrons. The zero-order valence-electron chi connectivity index (χ0n) is 14.2. The Bertz CT molecular complexity index is 740. The number of pyridine rings is 1. The van der Waals surface area contributed by atoms with Crippen LogP contribution < -0.4 is 14.8 Å². The summed E-state index contributed by atoms with van der Waals surface area (Å²) < 4.78 is 5.18. The Morgan fingerprint density at radius 2 is 2.08 bits per heavy atom. The topological polar surface area (TPSA) is 44.6 Å². The van der Waals surface area contributed by atoms with Crippen molar-refractivity contribution in [1.82, 2.24) is 14.3 Å². The molecule has 2 aromatic rings. The number of hydrogen-bond donors (Lipinski definition) is 1. The maximum absolute atomic E-state index is 5.66. The first kappa shape index (κ1) is 15.8. The lowest BCUT2D eigenvalue weighted by molar-refractivity contribution is -0.924. The number of nitrogens with one attached hydrogen (secondary N) is 2. The molecular weight excluding hydrogens is 320 g/mol. The van der Waals surface area contributed by atoms with Crippen LogP contribution in [0.3, 0.4) is 0 Å². The molecule has 24 heavy (non-hydrogen) atoms. The number of piperazine rings is 1. The van der Waals surface area contributed by atoms with Crippen molar-refractivity contribution in [1.29, 1.82) is 0 Å². The Labute approximate surface area is 147 Å². The molecule has 0 bridgehead atoms. The highest BCUT2D eigenvalue weighted by molar-refractivity contribution is 7.71. The van der Waals surface area contributed by atoms with Crippen molar-refractivity contribution in [3.8, 4) is 0 Å². The first-order valence-electron chi connectivity index (χ1n) is 8.99. The number of aromatic nitrogens is 4. The van der Waals surface area contributed by atoms with Gasteiger partial charge in [-0.15, -0.1) is 0 Å². The maximum Gasteiger partial charge on any atom is 0.274 e. The van der Waals surface area contributed by atoms with Gasteiger partial charge in [0.25, 0.3) is 5.82 Å². The summed E-state index contributed by atoms with van der Waals surface area (Å²) >= 11 is 5.66. The van der Waals surface area contributed by atoms with Crippen LogP contribution in [0.15, 0.2) is 24.4 Å². The summed E-state index contributed by atoms with van der Waals surface area (Å²) in [5, 5.41) is 4.85. The predicted octanol–water partition coefficient (Wildman–Crippen LogP) is 0.488. The Kier molecular flexibility index (Phi) is 4.37. The Hall–Kier alpha value is -1.73. The van der Waals surface area contributed by atoms with E-state index in [1.807, 2.05) is 12.3 Å². The molecule has 0 amide bonds. The van der Waals surface area contributed by atoms with Crippen LogP contribution in [0.4, 0.5) is 5.82 Å². The van der Waals surface area contributed by atoms with Crippen molar-refractivity contribution in [3.63, 3.8) is 0 Å². The molecule has 6 nitrogen and oxygen atoms in total. The highest BCUT2D eigenvalue weighted by Crippen LogP contribution is 2.39. The number of aromatic amines is 1. The van der Waals surface area contributed by atoms with E-state index in [9.17, 15) is 0 Å². The van der Waals surface area contributed by atoms with Gasteiger partial charge < -0.3 is 9.47 Å². The molecule has 2 aromatic heterocycles. The van der Waals surface area contributed by atoms with Gasteiger partial charge in [0.1, 0.15) is 32.0 Å². The lowest BCUT2D eigenvalue weighted by Crippen LogP contribution is -3.14. The molecule has 7 heteroatoms. The molecule has 1 aliphatic heterocycles. The van der Waals surface area contributed by atoms with Crippen LogP contribution in [-0.2, 0) is 13.2 Å². The van der Waals surface area contributed by atoms with Crippen LogP contribution in [-0.4, -0.2) is 40.5 Å². The molecule has 0 atom stereocenters. The first-order valence-corrected chi connectivity index (χ1v) is 9.40. The van der Waals surface area contributed by atoms with E-state index in [0.717, 1.165) is 44.2 Å². The van der Waals surface area contributed by atoms with Gasteiger partial charge in [0, 0.05) is 18.5 Å². The first-order chi connectivity index (χ1) is 11.8.